The first-order chi connectivity index (χ1) is 8.45. The Morgan fingerprint density at radius 3 is 0.737 bits per heavy atom. The molecule has 0 radical (unpaired) electrons. The molecule has 0 saturated heterocycles. The van der Waals surface area contributed by atoms with Crippen molar-refractivity contribution in [1.29, 1.82) is 0 Å². The summed E-state index contributed by atoms with van der Waals surface area (Å²) in [7, 11) is 25.0. The number of nitrogens with one attached hydrogen (secondary N) is 2. The van der Waals surface area contributed by atoms with Crippen LogP contribution in [0.25, 0.3) is 0 Å². The molecule has 0 aliphatic carbocycles. The number of halogens is 6. The molecule has 2 aromatic heterocycles. The number of H-pyrrole nitrogens is 2. The van der Waals surface area contributed by atoms with Crippen LogP contribution in [-0.2, 0) is 7.31 Å². The molecule has 0 saturated carbocycles. The molecule has 0 fully saturated rings. The normalized spacial score (nSPS) is 13.6. The third kappa shape index (κ3) is 32.3. The van der Waals surface area contributed by atoms with E-state index >= 15 is 0 Å². The van der Waals surface area contributed by atoms with Gasteiger partial charge in [0.1, 0.15) is 0 Å². The first kappa shape index (κ1) is 19.7. The fourth-order valence-electron chi connectivity index (χ4n) is 0.684. The van der Waals surface area contributed by atoms with Crippen molar-refractivity contribution in [3.63, 3.8) is 0 Å². The minimum Gasteiger partial charge on any atom is -0.218 e. The summed E-state index contributed by atoms with van der Waals surface area (Å²) in [5.74, 6) is 0. The van der Waals surface area contributed by atoms with Crippen molar-refractivity contribution in [3.8, 4) is 0 Å². The molecule has 2 heterocycles. The summed E-state index contributed by atoms with van der Waals surface area (Å²) >= 11 is 0. The summed E-state index contributed by atoms with van der Waals surface area (Å²) in [6.45, 7) is 0. The van der Waals surface area contributed by atoms with Gasteiger partial charge in [-0.05, 0) is 0 Å². The van der Waals surface area contributed by atoms with Gasteiger partial charge in [0.25, 0.3) is 0 Å². The maximum absolute atomic E-state index is 5.29. The molecule has 0 aromatic carbocycles. The van der Waals surface area contributed by atoms with Gasteiger partial charge in [-0.25, -0.2) is 9.97 Å². The van der Waals surface area contributed by atoms with Gasteiger partial charge in [0.2, 0.25) is 0 Å². The maximum Gasteiger partial charge on any atom is 0.166 e. The minimum atomic E-state index is -5.29. The Labute approximate surface area is 134 Å². The van der Waals surface area contributed by atoms with Crippen LogP contribution in [0.1, 0.15) is 0 Å². The van der Waals surface area contributed by atoms with Crippen LogP contribution in [0, 0.1) is 0 Å². The first-order valence-electron chi connectivity index (χ1n) is 4.54. The third-order valence-corrected chi connectivity index (χ3v) is 1.21. The molecule has 2 rings (SSSR count). The Morgan fingerprint density at radius 2 is 0.684 bits per heavy atom. The van der Waals surface area contributed by atoms with E-state index in [1.54, 1.807) is 0 Å². The van der Waals surface area contributed by atoms with Gasteiger partial charge in [-0.2, -0.15) is 0 Å². The molecule has 0 amide bonds. The van der Waals surface area contributed by atoms with Crippen LogP contribution in [0.15, 0.2) is 61.2 Å². The monoisotopic (exact) mass is 565 g/mol. The smallest absolute Gasteiger partial charge is 0.166 e. The van der Waals surface area contributed by atoms with Crippen LogP contribution in [-0.4, -0.2) is 0 Å². The van der Waals surface area contributed by atoms with Crippen molar-refractivity contribution in [2.45, 2.75) is 0 Å². The van der Waals surface area contributed by atoms with Crippen LogP contribution < -0.4 is 9.97 Å². The Morgan fingerprint density at radius 1 is 0.474 bits per heavy atom. The number of pyridine rings is 2. The molecule has 0 aliphatic rings. The SMILES string of the molecule is [Cl][Pt-2]([Cl])([Cl])([Cl])([Cl])[Cl].c1cc[nH+]cc1.c1cc[nH+]cc1. The number of hydrogen-bond donors (Lipinski definition) is 0. The van der Waals surface area contributed by atoms with E-state index in [2.05, 4.69) is 9.97 Å². The zero-order valence-corrected chi connectivity index (χ0v) is 16.2. The standard InChI is InChI=1S/2C5H5N.6ClH.Pt/c2*1-2-4-6-5-3-1;;;;;;;/h2*1-5H;6*1H;/q;;;;;;;;+4/p-4. The van der Waals surface area contributed by atoms with Crippen LogP contribution in [0.2, 0.25) is 0 Å². The van der Waals surface area contributed by atoms with E-state index in [1.807, 2.05) is 61.2 Å². The molecule has 0 atom stereocenters. The predicted molar refractivity (Wildman–Crippen MR) is 81.1 cm³/mol. The van der Waals surface area contributed by atoms with E-state index in [4.69, 9.17) is 56.5 Å². The van der Waals surface area contributed by atoms with Crippen molar-refractivity contribution in [2.75, 3.05) is 0 Å². The second kappa shape index (κ2) is 7.66. The molecular formula is C10H12Cl6N2Pt. The van der Waals surface area contributed by atoms with Crippen molar-refractivity contribution < 1.29 is 17.3 Å². The average Bonchev–Trinajstić information content (AvgIpc) is 2.30. The number of aromatic amines is 2. The van der Waals surface area contributed by atoms with Gasteiger partial charge < -0.3 is 0 Å². The van der Waals surface area contributed by atoms with E-state index < -0.39 is 7.31 Å². The molecule has 9 heteroatoms. The number of hydrogen-bond acceptors (Lipinski definition) is 0. The molecule has 2 aromatic rings. The molecule has 2 nitrogen and oxygen atoms in total. The van der Waals surface area contributed by atoms with Crippen LogP contribution in [0.5, 0.6) is 0 Å². The zero-order chi connectivity index (χ0) is 14.9. The average molecular weight is 568 g/mol. The van der Waals surface area contributed by atoms with Crippen molar-refractivity contribution in [3.05, 3.63) is 61.2 Å². The van der Waals surface area contributed by atoms with Crippen LogP contribution >= 0.6 is 56.5 Å². The van der Waals surface area contributed by atoms with Gasteiger partial charge in [-0.3, -0.25) is 0 Å². The van der Waals surface area contributed by atoms with E-state index in [0.29, 0.717) is 0 Å². The van der Waals surface area contributed by atoms with Crippen molar-refractivity contribution in [2.24, 2.45) is 0 Å². The summed E-state index contributed by atoms with van der Waals surface area (Å²) in [6.07, 6.45) is 7.50. The second-order valence-corrected chi connectivity index (χ2v) is 52.1. The summed E-state index contributed by atoms with van der Waals surface area (Å²) in [4.78, 5) is 5.78. The van der Waals surface area contributed by atoms with Gasteiger partial charge in [0.15, 0.2) is 24.8 Å². The quantitative estimate of drug-likeness (QED) is 0.422. The van der Waals surface area contributed by atoms with Gasteiger partial charge >= 0.3 is 63.8 Å². The summed E-state index contributed by atoms with van der Waals surface area (Å²) in [6, 6.07) is 11.7. The van der Waals surface area contributed by atoms with Crippen molar-refractivity contribution in [1.82, 2.24) is 0 Å². The van der Waals surface area contributed by atoms with Crippen LogP contribution in [0.4, 0.5) is 0 Å². The van der Waals surface area contributed by atoms with Crippen molar-refractivity contribution >= 4 is 56.5 Å². The molecule has 114 valence electrons. The minimum absolute atomic E-state index is 1.88. The number of aromatic nitrogens is 2. The molecule has 0 unspecified atom stereocenters. The van der Waals surface area contributed by atoms with Gasteiger partial charge in [0, 0.05) is 24.3 Å². The van der Waals surface area contributed by atoms with Gasteiger partial charge in [-0.15, -0.1) is 0 Å². The maximum atomic E-state index is 5.05. The van der Waals surface area contributed by atoms with Crippen LogP contribution in [0.3, 0.4) is 0 Å². The summed E-state index contributed by atoms with van der Waals surface area (Å²) in [5, 5.41) is 0. The van der Waals surface area contributed by atoms with E-state index in [0.717, 1.165) is 0 Å². The van der Waals surface area contributed by atoms with E-state index in [1.165, 1.54) is 0 Å². The second-order valence-electron chi connectivity index (χ2n) is 2.83. The Bertz CT molecular complexity index is 348. The molecule has 0 aliphatic heterocycles. The topological polar surface area (TPSA) is 28.3 Å². The van der Waals surface area contributed by atoms with Gasteiger partial charge in [-0.1, -0.05) is 12.1 Å². The van der Waals surface area contributed by atoms with E-state index in [9.17, 15) is 0 Å². The molecule has 0 spiro atoms. The van der Waals surface area contributed by atoms with Gasteiger partial charge in [0.05, 0.1) is 0 Å². The Kier molecular flexibility index (Phi) is 7.95. The Balaban J connectivity index is 0.000000256. The molecular weight excluding hydrogens is 556 g/mol. The molecule has 19 heavy (non-hydrogen) atoms. The summed E-state index contributed by atoms with van der Waals surface area (Å²) in [5.41, 5.74) is 0. The predicted octanol–water partition coefficient (Wildman–Crippen LogP) is 5.14. The molecule has 0 bridgehead atoms. The Hall–Kier alpha value is 0.728. The first-order valence-corrected chi connectivity index (χ1v) is 21.4. The fraction of sp³-hybridized carbons (Fsp3) is 0. The largest absolute Gasteiger partial charge is 0.218 e. The third-order valence-electron chi connectivity index (χ3n) is 1.21. The zero-order valence-electron chi connectivity index (χ0n) is 9.36. The van der Waals surface area contributed by atoms with E-state index in [-0.39, 0.29) is 0 Å². The summed E-state index contributed by atoms with van der Waals surface area (Å²) < 4.78 is 0. The molecule has 2 N–H and O–H groups in total. The fourth-order valence-corrected chi connectivity index (χ4v) is 0.684. The number of rotatable bonds is 0.